The first-order chi connectivity index (χ1) is 11.6. The zero-order valence-corrected chi connectivity index (χ0v) is 15.3. The lowest BCUT2D eigenvalue weighted by Crippen LogP contribution is -2.43. The smallest absolute Gasteiger partial charge is 0.230 e. The lowest BCUT2D eigenvalue weighted by atomic mass is 9.95. The number of hydrogen-bond acceptors (Lipinski definition) is 2. The van der Waals surface area contributed by atoms with E-state index in [1.165, 1.54) is 0 Å². The first kappa shape index (κ1) is 15.7. The van der Waals surface area contributed by atoms with Crippen LogP contribution in [-0.2, 0) is 11.2 Å². The maximum absolute atomic E-state index is 12.8. The predicted octanol–water partition coefficient (Wildman–Crippen LogP) is 5.32. The lowest BCUT2D eigenvalue weighted by molar-refractivity contribution is -0.120. The average molecular weight is 386 g/mol. The van der Waals surface area contributed by atoms with Gasteiger partial charge in [0.15, 0.2) is 0 Å². The van der Waals surface area contributed by atoms with E-state index in [4.69, 9.17) is 4.74 Å². The highest BCUT2D eigenvalue weighted by Gasteiger charge is 2.39. The average Bonchev–Trinajstić information content (AvgIpc) is 3.43. The predicted molar refractivity (Wildman–Crippen MR) is 98.7 cm³/mol. The number of rotatable bonds is 3. The summed E-state index contributed by atoms with van der Waals surface area (Å²) in [4.78, 5) is 14.8. The fraction of sp³-hybridized carbons (Fsp3) is 0.350. The monoisotopic (exact) mass is 385 g/mol. The van der Waals surface area contributed by atoms with Crippen LogP contribution in [0.3, 0.4) is 0 Å². The summed E-state index contributed by atoms with van der Waals surface area (Å²) >= 11 is 3.62. The van der Waals surface area contributed by atoms with Gasteiger partial charge in [-0.15, -0.1) is 0 Å². The number of nitrogens with zero attached hydrogens (tertiary/aromatic N) is 1. The fourth-order valence-electron chi connectivity index (χ4n) is 3.36. The third-order valence-electron chi connectivity index (χ3n) is 4.83. The molecule has 0 aromatic heterocycles. The summed E-state index contributed by atoms with van der Waals surface area (Å²) in [6, 6.07) is 14.1. The van der Waals surface area contributed by atoms with Crippen molar-refractivity contribution in [1.82, 2.24) is 0 Å². The molecule has 1 saturated carbocycles. The molecule has 0 spiro atoms. The Labute approximate surface area is 150 Å². The highest BCUT2D eigenvalue weighted by Crippen LogP contribution is 2.44. The highest BCUT2D eigenvalue weighted by molar-refractivity contribution is 9.10. The van der Waals surface area contributed by atoms with Crippen molar-refractivity contribution in [2.24, 2.45) is 5.92 Å². The van der Waals surface area contributed by atoms with Gasteiger partial charge in [0.1, 0.15) is 11.5 Å². The maximum Gasteiger partial charge on any atom is 0.230 e. The quantitative estimate of drug-likeness (QED) is 0.715. The second-order valence-corrected chi connectivity index (χ2v) is 7.51. The van der Waals surface area contributed by atoms with Gasteiger partial charge >= 0.3 is 0 Å². The molecule has 0 unspecified atom stereocenters. The van der Waals surface area contributed by atoms with Crippen LogP contribution < -0.4 is 9.64 Å². The Morgan fingerprint density at radius 1 is 1.12 bits per heavy atom. The fourth-order valence-corrected chi connectivity index (χ4v) is 3.81. The van der Waals surface area contributed by atoms with Crippen LogP contribution in [0.1, 0.15) is 31.7 Å². The van der Waals surface area contributed by atoms with Crippen molar-refractivity contribution < 1.29 is 9.53 Å². The Morgan fingerprint density at radius 2 is 1.88 bits per heavy atom. The van der Waals surface area contributed by atoms with E-state index in [9.17, 15) is 4.79 Å². The Bertz CT molecular complexity index is 771. The number of ether oxygens (including phenoxy) is 1. The number of para-hydroxylation sites is 1. The van der Waals surface area contributed by atoms with Crippen molar-refractivity contribution in [3.63, 3.8) is 0 Å². The van der Waals surface area contributed by atoms with Crippen LogP contribution in [-0.4, -0.2) is 11.9 Å². The molecule has 1 heterocycles. The minimum absolute atomic E-state index is 0.223. The molecule has 3 nitrogen and oxygen atoms in total. The van der Waals surface area contributed by atoms with Crippen molar-refractivity contribution >= 4 is 27.5 Å². The molecular formula is C20H20BrNO2. The zero-order valence-electron chi connectivity index (χ0n) is 13.7. The standard InChI is InChI=1S/C20H20BrNO2/c1-13-7-10-16-18(22(13)20(23)14-8-9-14)12-11-17(21)19(16)24-15-5-3-2-4-6-15/h2-6,11-14H,7-10H2,1H3/t13-/m0/s1. The van der Waals surface area contributed by atoms with Crippen LogP contribution in [0, 0.1) is 5.92 Å². The SMILES string of the molecule is C[C@H]1CCc2c(ccc(Br)c2Oc2ccccc2)N1C(=O)C1CC1. The molecule has 2 aromatic rings. The zero-order chi connectivity index (χ0) is 16.7. The second kappa shape index (κ2) is 6.25. The molecule has 1 aliphatic heterocycles. The number of halogens is 1. The van der Waals surface area contributed by atoms with Crippen molar-refractivity contribution in [3.8, 4) is 11.5 Å². The van der Waals surface area contributed by atoms with Crippen LogP contribution >= 0.6 is 15.9 Å². The Balaban J connectivity index is 1.75. The summed E-state index contributed by atoms with van der Waals surface area (Å²) in [5, 5.41) is 0. The van der Waals surface area contributed by atoms with Gasteiger partial charge < -0.3 is 9.64 Å². The summed E-state index contributed by atoms with van der Waals surface area (Å²) in [5.41, 5.74) is 2.14. The molecule has 124 valence electrons. The molecular weight excluding hydrogens is 366 g/mol. The van der Waals surface area contributed by atoms with E-state index in [1.807, 2.05) is 47.4 Å². The summed E-state index contributed by atoms with van der Waals surface area (Å²) in [7, 11) is 0. The maximum atomic E-state index is 12.8. The van der Waals surface area contributed by atoms with Crippen LogP contribution in [0.5, 0.6) is 11.5 Å². The topological polar surface area (TPSA) is 29.5 Å². The van der Waals surface area contributed by atoms with Crippen LogP contribution in [0.4, 0.5) is 5.69 Å². The number of carbonyl (C=O) groups excluding carboxylic acids is 1. The van der Waals surface area contributed by atoms with E-state index in [1.54, 1.807) is 0 Å². The number of carbonyl (C=O) groups is 1. The van der Waals surface area contributed by atoms with Crippen molar-refractivity contribution in [1.29, 1.82) is 0 Å². The minimum Gasteiger partial charge on any atom is -0.456 e. The molecule has 0 N–H and O–H groups in total. The molecule has 2 aliphatic rings. The van der Waals surface area contributed by atoms with E-state index < -0.39 is 0 Å². The van der Waals surface area contributed by atoms with Gasteiger partial charge in [0.05, 0.1) is 10.2 Å². The van der Waals surface area contributed by atoms with Gasteiger partial charge in [0.2, 0.25) is 5.91 Å². The Morgan fingerprint density at radius 3 is 2.58 bits per heavy atom. The molecule has 2 aromatic carbocycles. The van der Waals surface area contributed by atoms with Gasteiger partial charge in [-0.3, -0.25) is 4.79 Å². The van der Waals surface area contributed by atoms with Crippen molar-refractivity contribution in [2.45, 2.75) is 38.6 Å². The van der Waals surface area contributed by atoms with Crippen LogP contribution in [0.2, 0.25) is 0 Å². The van der Waals surface area contributed by atoms with Gasteiger partial charge in [0, 0.05) is 17.5 Å². The number of fused-ring (bicyclic) bond motifs is 1. The molecule has 4 rings (SSSR count). The largest absolute Gasteiger partial charge is 0.456 e. The molecule has 4 heteroatoms. The van der Waals surface area contributed by atoms with Gasteiger partial charge in [-0.05, 0) is 72.8 Å². The molecule has 1 amide bonds. The third-order valence-corrected chi connectivity index (χ3v) is 5.45. The molecule has 0 bridgehead atoms. The normalized spacial score (nSPS) is 19.8. The van der Waals surface area contributed by atoms with Crippen LogP contribution in [0.25, 0.3) is 0 Å². The van der Waals surface area contributed by atoms with E-state index >= 15 is 0 Å². The summed E-state index contributed by atoms with van der Waals surface area (Å²) in [5.74, 6) is 2.14. The van der Waals surface area contributed by atoms with Crippen molar-refractivity contribution in [3.05, 3.63) is 52.5 Å². The number of amides is 1. The number of hydrogen-bond donors (Lipinski definition) is 0. The summed E-state index contributed by atoms with van der Waals surface area (Å²) in [6.07, 6.45) is 3.95. The molecule has 24 heavy (non-hydrogen) atoms. The first-order valence-corrected chi connectivity index (χ1v) is 9.32. The molecule has 1 atom stereocenters. The highest BCUT2D eigenvalue weighted by atomic mass is 79.9. The molecule has 0 saturated heterocycles. The third kappa shape index (κ3) is 2.84. The van der Waals surface area contributed by atoms with E-state index in [-0.39, 0.29) is 17.9 Å². The van der Waals surface area contributed by atoms with E-state index in [0.29, 0.717) is 0 Å². The molecule has 1 fully saturated rings. The number of benzene rings is 2. The Kier molecular flexibility index (Phi) is 4.09. The molecule has 0 radical (unpaired) electrons. The summed E-state index contributed by atoms with van der Waals surface area (Å²) in [6.45, 7) is 2.14. The van der Waals surface area contributed by atoms with E-state index in [0.717, 1.165) is 52.9 Å². The van der Waals surface area contributed by atoms with Gasteiger partial charge in [-0.1, -0.05) is 18.2 Å². The minimum atomic E-state index is 0.223. The van der Waals surface area contributed by atoms with Crippen LogP contribution in [0.15, 0.2) is 46.9 Å². The number of anilines is 1. The molecule has 1 aliphatic carbocycles. The second-order valence-electron chi connectivity index (χ2n) is 6.66. The van der Waals surface area contributed by atoms with Gasteiger partial charge in [-0.2, -0.15) is 0 Å². The summed E-state index contributed by atoms with van der Waals surface area (Å²) < 4.78 is 7.09. The first-order valence-electron chi connectivity index (χ1n) is 8.52. The van der Waals surface area contributed by atoms with E-state index in [2.05, 4.69) is 22.9 Å². The van der Waals surface area contributed by atoms with Crippen molar-refractivity contribution in [2.75, 3.05) is 4.90 Å². The Hall–Kier alpha value is -1.81. The van der Waals surface area contributed by atoms with Gasteiger partial charge in [0.25, 0.3) is 0 Å². The lowest BCUT2D eigenvalue weighted by Gasteiger charge is -2.36. The van der Waals surface area contributed by atoms with Gasteiger partial charge in [-0.25, -0.2) is 0 Å².